The summed E-state index contributed by atoms with van der Waals surface area (Å²) in [7, 11) is 1.92. The van der Waals surface area contributed by atoms with Crippen molar-refractivity contribution in [2.45, 2.75) is 36.7 Å². The molecule has 0 aliphatic rings. The van der Waals surface area contributed by atoms with Crippen molar-refractivity contribution in [2.24, 2.45) is 7.05 Å². The summed E-state index contributed by atoms with van der Waals surface area (Å²) in [5.41, 5.74) is 5.15. The van der Waals surface area contributed by atoms with E-state index in [4.69, 9.17) is 4.98 Å². The highest BCUT2D eigenvalue weighted by atomic mass is 32.2. The molecule has 0 radical (unpaired) electrons. The van der Waals surface area contributed by atoms with E-state index in [9.17, 15) is 0 Å². The Morgan fingerprint density at radius 3 is 2.52 bits per heavy atom. The van der Waals surface area contributed by atoms with E-state index >= 15 is 0 Å². The second kappa shape index (κ2) is 9.23. The number of anilines is 1. The lowest BCUT2D eigenvalue weighted by Gasteiger charge is -2.23. The number of pyridine rings is 2. The van der Waals surface area contributed by atoms with Crippen molar-refractivity contribution in [3.8, 4) is 11.1 Å². The van der Waals surface area contributed by atoms with Crippen LogP contribution >= 0.6 is 11.8 Å². The van der Waals surface area contributed by atoms with Crippen molar-refractivity contribution >= 4 is 34.0 Å². The van der Waals surface area contributed by atoms with E-state index in [1.54, 1.807) is 16.4 Å². The highest BCUT2D eigenvalue weighted by Crippen LogP contribution is 2.31. The van der Waals surface area contributed by atoms with Gasteiger partial charge < -0.3 is 4.90 Å². The third-order valence-corrected chi connectivity index (χ3v) is 6.56. The molecule has 0 spiro atoms. The molecular weight excluding hydrogens is 430 g/mol. The van der Waals surface area contributed by atoms with E-state index in [0.29, 0.717) is 0 Å². The zero-order valence-corrected chi connectivity index (χ0v) is 20.0. The molecule has 0 atom stereocenters. The first kappa shape index (κ1) is 21.5. The average Bonchev–Trinajstić information content (AvgIpc) is 3.44. The number of hydrogen-bond donors (Lipinski definition) is 0. The molecule has 7 nitrogen and oxygen atoms in total. The molecule has 0 amide bonds. The largest absolute Gasteiger partial charge is 0.370 e. The second-order valence-electron chi connectivity index (χ2n) is 8.17. The maximum Gasteiger partial charge on any atom is 0.200 e. The predicted octanol–water partition coefficient (Wildman–Crippen LogP) is 5.46. The Bertz CT molecular complexity index is 1400. The summed E-state index contributed by atoms with van der Waals surface area (Å²) in [6.45, 7) is 6.52. The lowest BCUT2D eigenvalue weighted by Crippen LogP contribution is -2.24. The molecule has 1 aromatic carbocycles. The molecule has 5 aromatic rings. The van der Waals surface area contributed by atoms with Crippen molar-refractivity contribution in [1.29, 1.82) is 0 Å². The van der Waals surface area contributed by atoms with Gasteiger partial charge in [-0.1, -0.05) is 13.8 Å². The van der Waals surface area contributed by atoms with Crippen LogP contribution in [0, 0.1) is 0 Å². The van der Waals surface area contributed by atoms with Gasteiger partial charge >= 0.3 is 0 Å². The number of fused-ring (bicyclic) bond motifs is 2. The molecule has 0 unspecified atom stereocenters. The smallest absolute Gasteiger partial charge is 0.200 e. The Morgan fingerprint density at radius 2 is 1.76 bits per heavy atom. The fourth-order valence-electron chi connectivity index (χ4n) is 4.03. The maximum atomic E-state index is 4.71. The van der Waals surface area contributed by atoms with Gasteiger partial charge in [-0.05, 0) is 61.0 Å². The first-order chi connectivity index (χ1) is 16.1. The maximum absolute atomic E-state index is 4.71. The zero-order valence-electron chi connectivity index (χ0n) is 19.1. The van der Waals surface area contributed by atoms with Crippen molar-refractivity contribution in [3.05, 3.63) is 61.2 Å². The van der Waals surface area contributed by atoms with Crippen LogP contribution in [0.25, 0.3) is 27.7 Å². The molecule has 5 rings (SSSR count). The predicted molar refractivity (Wildman–Crippen MR) is 134 cm³/mol. The molecule has 0 bridgehead atoms. The van der Waals surface area contributed by atoms with Gasteiger partial charge in [0.05, 0.1) is 23.6 Å². The summed E-state index contributed by atoms with van der Waals surface area (Å²) in [4.78, 5) is 8.24. The Balaban J connectivity index is 1.47. The average molecular weight is 458 g/mol. The summed E-state index contributed by atoms with van der Waals surface area (Å²) in [5, 5.41) is 15.0. The van der Waals surface area contributed by atoms with Crippen LogP contribution in [0.15, 0.2) is 71.2 Å². The van der Waals surface area contributed by atoms with Crippen molar-refractivity contribution in [3.63, 3.8) is 0 Å². The standard InChI is InChI=1S/C25H27N7S/c1-4-10-31(11-5-2)21-12-19-13-22(7-8-23(19)26-15-21)33-25-29-28-24-9-6-18(17-32(24)25)20-14-27-30(3)16-20/h6-9,12-17H,4-5,10-11H2,1-3H3. The van der Waals surface area contributed by atoms with Crippen LogP contribution in [0.3, 0.4) is 0 Å². The fourth-order valence-corrected chi connectivity index (χ4v) is 4.89. The lowest BCUT2D eigenvalue weighted by molar-refractivity contribution is 0.744. The third kappa shape index (κ3) is 4.43. The normalized spacial score (nSPS) is 11.5. The van der Waals surface area contributed by atoms with Gasteiger partial charge in [-0.25, -0.2) is 0 Å². The molecule has 168 valence electrons. The number of benzene rings is 1. The van der Waals surface area contributed by atoms with Crippen molar-refractivity contribution < 1.29 is 0 Å². The van der Waals surface area contributed by atoms with E-state index < -0.39 is 0 Å². The molecule has 33 heavy (non-hydrogen) atoms. The molecule has 8 heteroatoms. The summed E-state index contributed by atoms with van der Waals surface area (Å²) >= 11 is 1.61. The van der Waals surface area contributed by atoms with Crippen molar-refractivity contribution in [2.75, 3.05) is 18.0 Å². The fraction of sp³-hybridized carbons (Fsp3) is 0.280. The van der Waals surface area contributed by atoms with Crippen LogP contribution in [0.2, 0.25) is 0 Å². The van der Waals surface area contributed by atoms with E-state index in [0.717, 1.165) is 63.7 Å². The quantitative estimate of drug-likeness (QED) is 0.308. The van der Waals surface area contributed by atoms with Gasteiger partial charge in [0.25, 0.3) is 0 Å². The molecule has 4 aromatic heterocycles. The Morgan fingerprint density at radius 1 is 0.909 bits per heavy atom. The molecule has 0 aliphatic carbocycles. The van der Waals surface area contributed by atoms with Crippen LogP contribution < -0.4 is 4.90 Å². The van der Waals surface area contributed by atoms with E-state index in [1.807, 2.05) is 36.1 Å². The molecule has 0 saturated carbocycles. The van der Waals surface area contributed by atoms with Crippen LogP contribution in [-0.4, -0.2) is 42.5 Å². The Hall–Kier alpha value is -3.39. The van der Waals surface area contributed by atoms with E-state index in [-0.39, 0.29) is 0 Å². The monoisotopic (exact) mass is 457 g/mol. The summed E-state index contributed by atoms with van der Waals surface area (Å²) in [6.07, 6.45) is 10.2. The summed E-state index contributed by atoms with van der Waals surface area (Å²) in [5.74, 6) is 0. The van der Waals surface area contributed by atoms with Crippen molar-refractivity contribution in [1.82, 2.24) is 29.4 Å². The topological polar surface area (TPSA) is 64.1 Å². The minimum absolute atomic E-state index is 0.824. The number of nitrogens with zero attached hydrogens (tertiary/aromatic N) is 7. The second-order valence-corrected chi connectivity index (χ2v) is 9.21. The van der Waals surface area contributed by atoms with Gasteiger partial charge in [-0.2, -0.15) is 5.10 Å². The molecule has 0 saturated heterocycles. The third-order valence-electron chi connectivity index (χ3n) is 5.61. The lowest BCUT2D eigenvalue weighted by atomic mass is 10.2. The van der Waals surface area contributed by atoms with Crippen LogP contribution in [0.4, 0.5) is 5.69 Å². The van der Waals surface area contributed by atoms with Crippen LogP contribution in [-0.2, 0) is 7.05 Å². The SMILES string of the molecule is CCCN(CCC)c1cnc2ccc(Sc3nnc4ccc(-c5cnn(C)c5)cn34)cc2c1. The molecule has 0 fully saturated rings. The molecule has 0 N–H and O–H groups in total. The minimum atomic E-state index is 0.824. The Labute approximate surface area is 197 Å². The highest BCUT2D eigenvalue weighted by molar-refractivity contribution is 7.99. The number of aromatic nitrogens is 6. The molecular formula is C25H27N7S. The highest BCUT2D eigenvalue weighted by Gasteiger charge is 2.11. The minimum Gasteiger partial charge on any atom is -0.370 e. The first-order valence-corrected chi connectivity index (χ1v) is 12.1. The summed E-state index contributed by atoms with van der Waals surface area (Å²) in [6, 6.07) is 12.7. The van der Waals surface area contributed by atoms with Gasteiger partial charge in [0.1, 0.15) is 0 Å². The van der Waals surface area contributed by atoms with Crippen LogP contribution in [0.1, 0.15) is 26.7 Å². The number of aryl methyl sites for hydroxylation is 1. The molecule has 4 heterocycles. The number of rotatable bonds is 8. The number of hydrogen-bond acceptors (Lipinski definition) is 6. The Kier molecular flexibility index (Phi) is 6.00. The molecule has 0 aliphatic heterocycles. The van der Waals surface area contributed by atoms with Gasteiger partial charge in [0.2, 0.25) is 0 Å². The van der Waals surface area contributed by atoms with E-state index in [2.05, 4.69) is 70.6 Å². The van der Waals surface area contributed by atoms with Gasteiger partial charge in [0, 0.05) is 53.9 Å². The summed E-state index contributed by atoms with van der Waals surface area (Å²) < 4.78 is 3.84. The zero-order chi connectivity index (χ0) is 22.8. The first-order valence-electron chi connectivity index (χ1n) is 11.3. The van der Waals surface area contributed by atoms with Gasteiger partial charge in [-0.3, -0.25) is 14.1 Å². The van der Waals surface area contributed by atoms with Gasteiger partial charge in [0.15, 0.2) is 10.8 Å². The van der Waals surface area contributed by atoms with Gasteiger partial charge in [-0.15, -0.1) is 10.2 Å². The van der Waals surface area contributed by atoms with E-state index in [1.165, 1.54) is 5.69 Å². The van der Waals surface area contributed by atoms with Crippen LogP contribution in [0.5, 0.6) is 0 Å².